The Balaban J connectivity index is 2.00. The third-order valence-electron chi connectivity index (χ3n) is 2.95. The molecule has 2 atom stereocenters. The number of nitrogens with one attached hydrogen (secondary N) is 1. The Bertz CT molecular complexity index is 325. The molecule has 1 unspecified atom stereocenters. The van der Waals surface area contributed by atoms with Crippen LogP contribution in [0, 0.1) is 0 Å². The second-order valence-electron chi connectivity index (χ2n) is 4.61. The number of nitrogens with zero attached hydrogens (tertiary/aromatic N) is 1. The first-order valence-electron chi connectivity index (χ1n) is 6.06. The van der Waals surface area contributed by atoms with Gasteiger partial charge in [0.2, 0.25) is 0 Å². The zero-order valence-corrected chi connectivity index (χ0v) is 10.8. The number of thiazole rings is 1. The van der Waals surface area contributed by atoms with Crippen LogP contribution in [0.4, 0.5) is 0 Å². The van der Waals surface area contributed by atoms with E-state index in [1.54, 1.807) is 6.92 Å². The molecule has 1 aromatic heterocycles. The van der Waals surface area contributed by atoms with Crippen LogP contribution in [0.5, 0.6) is 0 Å². The number of hydrogen-bond acceptors (Lipinski definition) is 4. The molecular weight excluding hydrogens is 220 g/mol. The summed E-state index contributed by atoms with van der Waals surface area (Å²) in [7, 11) is 0. The van der Waals surface area contributed by atoms with E-state index < -0.39 is 0 Å². The van der Waals surface area contributed by atoms with Gasteiger partial charge < -0.3 is 10.4 Å². The first kappa shape index (κ1) is 12.0. The average molecular weight is 240 g/mol. The molecule has 16 heavy (non-hydrogen) atoms. The third kappa shape index (κ3) is 2.81. The first-order valence-corrected chi connectivity index (χ1v) is 6.88. The summed E-state index contributed by atoms with van der Waals surface area (Å²) in [5.74, 6) is 0. The van der Waals surface area contributed by atoms with Gasteiger partial charge in [0.1, 0.15) is 5.01 Å². The molecule has 3 nitrogen and oxygen atoms in total. The van der Waals surface area contributed by atoms with E-state index in [0.717, 1.165) is 6.42 Å². The van der Waals surface area contributed by atoms with E-state index in [1.165, 1.54) is 34.8 Å². The lowest BCUT2D eigenvalue weighted by Crippen LogP contribution is -2.27. The Labute approximate surface area is 101 Å². The maximum Gasteiger partial charge on any atom is 0.110 e. The molecule has 0 aromatic carbocycles. The molecule has 0 saturated heterocycles. The Kier molecular flexibility index (Phi) is 3.95. The predicted molar refractivity (Wildman–Crippen MR) is 66.9 cm³/mol. The lowest BCUT2D eigenvalue weighted by Gasteiger charge is -2.12. The van der Waals surface area contributed by atoms with Gasteiger partial charge in [-0.1, -0.05) is 0 Å². The number of fused-ring (bicyclic) bond motifs is 1. The molecule has 0 fully saturated rings. The van der Waals surface area contributed by atoms with E-state index in [2.05, 4.69) is 12.2 Å². The molecule has 1 aliphatic carbocycles. The second kappa shape index (κ2) is 5.25. The van der Waals surface area contributed by atoms with Gasteiger partial charge in [-0.05, 0) is 39.5 Å². The van der Waals surface area contributed by atoms with E-state index in [-0.39, 0.29) is 12.1 Å². The van der Waals surface area contributed by atoms with Crippen LogP contribution in [0.15, 0.2) is 0 Å². The standard InChI is InChI=1S/C12H20N2OS/c1-8(15)7-13-9(2)12-14-10-5-3-4-6-11(10)16-12/h8-9,13,15H,3-7H2,1-2H3/t8-,9?/m1/s1. The van der Waals surface area contributed by atoms with E-state index in [4.69, 9.17) is 4.98 Å². The Hall–Kier alpha value is -0.450. The van der Waals surface area contributed by atoms with Crippen LogP contribution in [-0.4, -0.2) is 22.7 Å². The van der Waals surface area contributed by atoms with Gasteiger partial charge in [0.15, 0.2) is 0 Å². The summed E-state index contributed by atoms with van der Waals surface area (Å²) >= 11 is 1.84. The smallest absolute Gasteiger partial charge is 0.110 e. The van der Waals surface area contributed by atoms with E-state index >= 15 is 0 Å². The molecule has 1 heterocycles. The quantitative estimate of drug-likeness (QED) is 0.846. The maximum absolute atomic E-state index is 9.23. The van der Waals surface area contributed by atoms with Gasteiger partial charge in [-0.2, -0.15) is 0 Å². The summed E-state index contributed by atoms with van der Waals surface area (Å²) in [6.07, 6.45) is 4.65. The summed E-state index contributed by atoms with van der Waals surface area (Å²) in [5.41, 5.74) is 1.32. The summed E-state index contributed by atoms with van der Waals surface area (Å²) in [6, 6.07) is 0.255. The fourth-order valence-electron chi connectivity index (χ4n) is 1.99. The van der Waals surface area contributed by atoms with Crippen molar-refractivity contribution < 1.29 is 5.11 Å². The van der Waals surface area contributed by atoms with E-state index in [1.807, 2.05) is 11.3 Å². The number of hydrogen-bond donors (Lipinski definition) is 2. The number of aliphatic hydroxyl groups excluding tert-OH is 1. The normalized spacial score (nSPS) is 19.2. The summed E-state index contributed by atoms with van der Waals surface area (Å²) < 4.78 is 0. The molecule has 2 rings (SSSR count). The van der Waals surface area contributed by atoms with Gasteiger partial charge in [-0.3, -0.25) is 0 Å². The average Bonchev–Trinajstić information content (AvgIpc) is 2.69. The highest BCUT2D eigenvalue weighted by Crippen LogP contribution is 2.29. The predicted octanol–water partition coefficient (Wildman–Crippen LogP) is 2.05. The second-order valence-corrected chi connectivity index (χ2v) is 5.72. The van der Waals surface area contributed by atoms with Crippen molar-refractivity contribution in [2.75, 3.05) is 6.54 Å². The third-order valence-corrected chi connectivity index (χ3v) is 4.29. The summed E-state index contributed by atoms with van der Waals surface area (Å²) in [5, 5.41) is 13.7. The summed E-state index contributed by atoms with van der Waals surface area (Å²) in [6.45, 7) is 4.55. The zero-order valence-electron chi connectivity index (χ0n) is 9.99. The van der Waals surface area contributed by atoms with Crippen molar-refractivity contribution in [1.29, 1.82) is 0 Å². The van der Waals surface area contributed by atoms with Crippen LogP contribution in [0.2, 0.25) is 0 Å². The number of aliphatic hydroxyl groups is 1. The lowest BCUT2D eigenvalue weighted by molar-refractivity contribution is 0.187. The minimum atomic E-state index is -0.294. The van der Waals surface area contributed by atoms with Gasteiger partial charge >= 0.3 is 0 Å². The molecule has 0 bridgehead atoms. The molecular formula is C12H20N2OS. The van der Waals surface area contributed by atoms with Crippen molar-refractivity contribution in [2.45, 2.75) is 51.7 Å². The fraction of sp³-hybridized carbons (Fsp3) is 0.750. The van der Waals surface area contributed by atoms with Gasteiger partial charge in [-0.15, -0.1) is 11.3 Å². The van der Waals surface area contributed by atoms with Crippen molar-refractivity contribution in [3.8, 4) is 0 Å². The molecule has 90 valence electrons. The summed E-state index contributed by atoms with van der Waals surface area (Å²) in [4.78, 5) is 6.18. The van der Waals surface area contributed by atoms with Gasteiger partial charge in [0.05, 0.1) is 17.8 Å². The minimum Gasteiger partial charge on any atom is -0.392 e. The molecule has 2 N–H and O–H groups in total. The molecule has 1 aromatic rings. The lowest BCUT2D eigenvalue weighted by atomic mass is 10.0. The van der Waals surface area contributed by atoms with Crippen molar-refractivity contribution in [3.05, 3.63) is 15.6 Å². The Morgan fingerprint density at radius 3 is 2.81 bits per heavy atom. The van der Waals surface area contributed by atoms with E-state index in [9.17, 15) is 5.11 Å². The first-order chi connectivity index (χ1) is 7.66. The highest BCUT2D eigenvalue weighted by atomic mass is 32.1. The molecule has 1 aliphatic rings. The Morgan fingerprint density at radius 2 is 2.12 bits per heavy atom. The number of aryl methyl sites for hydroxylation is 2. The molecule has 0 aliphatic heterocycles. The molecule has 0 saturated carbocycles. The van der Waals surface area contributed by atoms with Crippen molar-refractivity contribution in [2.24, 2.45) is 0 Å². The van der Waals surface area contributed by atoms with Gasteiger partial charge in [0.25, 0.3) is 0 Å². The monoisotopic (exact) mass is 240 g/mol. The van der Waals surface area contributed by atoms with Crippen LogP contribution in [0.3, 0.4) is 0 Å². The molecule has 0 amide bonds. The largest absolute Gasteiger partial charge is 0.392 e. The van der Waals surface area contributed by atoms with Crippen LogP contribution >= 0.6 is 11.3 Å². The maximum atomic E-state index is 9.23. The van der Waals surface area contributed by atoms with Crippen molar-refractivity contribution in [3.63, 3.8) is 0 Å². The number of rotatable bonds is 4. The van der Waals surface area contributed by atoms with Crippen LogP contribution in [0.1, 0.15) is 48.3 Å². The van der Waals surface area contributed by atoms with Crippen LogP contribution in [0.25, 0.3) is 0 Å². The topological polar surface area (TPSA) is 45.1 Å². The minimum absolute atomic E-state index is 0.255. The van der Waals surface area contributed by atoms with Gasteiger partial charge in [-0.25, -0.2) is 4.98 Å². The highest BCUT2D eigenvalue weighted by Gasteiger charge is 2.18. The van der Waals surface area contributed by atoms with E-state index in [0.29, 0.717) is 6.54 Å². The van der Waals surface area contributed by atoms with Crippen molar-refractivity contribution in [1.82, 2.24) is 10.3 Å². The zero-order chi connectivity index (χ0) is 11.5. The molecule has 0 radical (unpaired) electrons. The van der Waals surface area contributed by atoms with Crippen LogP contribution < -0.4 is 5.32 Å². The Morgan fingerprint density at radius 1 is 1.38 bits per heavy atom. The molecule has 0 spiro atoms. The molecule has 4 heteroatoms. The SMILES string of the molecule is CC(NC[C@@H](C)O)c1nc2c(s1)CCCC2. The van der Waals surface area contributed by atoms with Gasteiger partial charge in [0, 0.05) is 11.4 Å². The number of aromatic nitrogens is 1. The van der Waals surface area contributed by atoms with Crippen LogP contribution in [-0.2, 0) is 12.8 Å². The fourth-order valence-corrected chi connectivity index (χ4v) is 3.17. The highest BCUT2D eigenvalue weighted by molar-refractivity contribution is 7.11. The van der Waals surface area contributed by atoms with Crippen molar-refractivity contribution >= 4 is 11.3 Å².